The van der Waals surface area contributed by atoms with Crippen molar-refractivity contribution in [1.29, 1.82) is 0 Å². The molecular weight excluding hydrogens is 188 g/mol. The minimum atomic E-state index is 0.0835. The highest BCUT2D eigenvalue weighted by Gasteiger charge is 2.15. The zero-order chi connectivity index (χ0) is 10.8. The molecule has 1 aliphatic rings. The maximum Gasteiger partial charge on any atom is 0.163 e. The van der Waals surface area contributed by atoms with Crippen LogP contribution in [0.2, 0.25) is 0 Å². The Bertz CT molecular complexity index is 394. The maximum absolute atomic E-state index is 11.4. The summed E-state index contributed by atoms with van der Waals surface area (Å²) < 4.78 is 5.25. The van der Waals surface area contributed by atoms with Crippen molar-refractivity contribution < 1.29 is 9.53 Å². The van der Waals surface area contributed by atoms with Crippen molar-refractivity contribution in [3.8, 4) is 5.75 Å². The van der Waals surface area contributed by atoms with E-state index in [0.29, 0.717) is 0 Å². The van der Waals surface area contributed by atoms with Crippen LogP contribution in [-0.4, -0.2) is 12.9 Å². The van der Waals surface area contributed by atoms with Crippen LogP contribution in [0.5, 0.6) is 5.75 Å². The fourth-order valence-corrected chi connectivity index (χ4v) is 2.21. The van der Waals surface area contributed by atoms with Gasteiger partial charge in [0, 0.05) is 0 Å². The molecule has 0 unspecified atom stereocenters. The molecule has 0 saturated heterocycles. The Morgan fingerprint density at radius 1 is 1.20 bits per heavy atom. The molecule has 1 aromatic rings. The van der Waals surface area contributed by atoms with Crippen LogP contribution in [0.15, 0.2) is 12.1 Å². The predicted molar refractivity (Wildman–Crippen MR) is 59.6 cm³/mol. The number of methoxy groups -OCH3 is 1. The van der Waals surface area contributed by atoms with E-state index in [1.165, 1.54) is 24.0 Å². The Labute approximate surface area is 90.3 Å². The van der Waals surface area contributed by atoms with E-state index in [9.17, 15) is 4.79 Å². The normalized spacial score (nSPS) is 14.5. The fourth-order valence-electron chi connectivity index (χ4n) is 2.21. The van der Waals surface area contributed by atoms with Crippen LogP contribution in [-0.2, 0) is 12.8 Å². The molecule has 2 nitrogen and oxygen atoms in total. The lowest BCUT2D eigenvalue weighted by Crippen LogP contribution is -2.07. The summed E-state index contributed by atoms with van der Waals surface area (Å²) in [6.45, 7) is 1.59. The molecule has 0 N–H and O–H groups in total. The first-order chi connectivity index (χ1) is 7.22. The van der Waals surface area contributed by atoms with Gasteiger partial charge in [-0.2, -0.15) is 0 Å². The van der Waals surface area contributed by atoms with E-state index in [1.807, 2.05) is 12.1 Å². The van der Waals surface area contributed by atoms with E-state index in [4.69, 9.17) is 4.74 Å². The van der Waals surface area contributed by atoms with Gasteiger partial charge in [0.2, 0.25) is 0 Å². The molecule has 2 rings (SSSR count). The van der Waals surface area contributed by atoms with Gasteiger partial charge in [-0.25, -0.2) is 0 Å². The number of aryl methyl sites for hydroxylation is 2. The second-order valence-corrected chi connectivity index (χ2v) is 4.08. The van der Waals surface area contributed by atoms with E-state index >= 15 is 0 Å². The number of rotatable bonds is 2. The molecule has 0 amide bonds. The van der Waals surface area contributed by atoms with Crippen LogP contribution in [0, 0.1) is 0 Å². The monoisotopic (exact) mass is 204 g/mol. The number of hydrogen-bond donors (Lipinski definition) is 0. The first kappa shape index (κ1) is 10.2. The Hall–Kier alpha value is -1.31. The second-order valence-electron chi connectivity index (χ2n) is 4.08. The third kappa shape index (κ3) is 1.89. The third-order valence-corrected chi connectivity index (χ3v) is 3.04. The molecule has 0 fully saturated rings. The van der Waals surface area contributed by atoms with Crippen LogP contribution < -0.4 is 4.74 Å². The van der Waals surface area contributed by atoms with Crippen LogP contribution >= 0.6 is 0 Å². The smallest absolute Gasteiger partial charge is 0.163 e. The number of benzene rings is 1. The lowest BCUT2D eigenvalue weighted by atomic mass is 9.89. The molecule has 1 aliphatic carbocycles. The van der Waals surface area contributed by atoms with Gasteiger partial charge >= 0.3 is 0 Å². The zero-order valence-corrected chi connectivity index (χ0v) is 9.30. The van der Waals surface area contributed by atoms with Crippen molar-refractivity contribution in [3.63, 3.8) is 0 Å². The van der Waals surface area contributed by atoms with Crippen molar-refractivity contribution in [3.05, 3.63) is 28.8 Å². The number of Topliss-reactive ketones (excluding diaryl/α,β-unsaturated/α-hetero) is 1. The zero-order valence-electron chi connectivity index (χ0n) is 9.30. The highest BCUT2D eigenvalue weighted by molar-refractivity contribution is 5.97. The molecule has 80 valence electrons. The third-order valence-electron chi connectivity index (χ3n) is 3.04. The number of fused-ring (bicyclic) bond motifs is 1. The van der Waals surface area contributed by atoms with Crippen molar-refractivity contribution >= 4 is 5.78 Å². The molecule has 0 heterocycles. The summed E-state index contributed by atoms with van der Waals surface area (Å²) in [5.41, 5.74) is 3.40. The van der Waals surface area contributed by atoms with Crippen molar-refractivity contribution in [2.45, 2.75) is 32.6 Å². The van der Waals surface area contributed by atoms with E-state index < -0.39 is 0 Å². The topological polar surface area (TPSA) is 26.3 Å². The molecule has 0 aromatic heterocycles. The first-order valence-electron chi connectivity index (χ1n) is 5.43. The second kappa shape index (κ2) is 4.05. The predicted octanol–water partition coefficient (Wildman–Crippen LogP) is 2.78. The van der Waals surface area contributed by atoms with Crippen molar-refractivity contribution in [2.75, 3.05) is 7.11 Å². The van der Waals surface area contributed by atoms with Crippen LogP contribution in [0.4, 0.5) is 0 Å². The highest BCUT2D eigenvalue weighted by atomic mass is 16.5. The molecule has 1 aromatic carbocycles. The largest absolute Gasteiger partial charge is 0.496 e. The number of carbonyl (C=O) groups is 1. The molecule has 15 heavy (non-hydrogen) atoms. The standard InChI is InChI=1S/C13H16O2/c1-9(14)12-7-10-5-3-4-6-11(10)8-13(12)15-2/h7-8H,3-6H2,1-2H3. The van der Waals surface area contributed by atoms with E-state index in [2.05, 4.69) is 0 Å². The number of ketones is 1. The Morgan fingerprint density at radius 3 is 2.33 bits per heavy atom. The quantitative estimate of drug-likeness (QED) is 0.692. The van der Waals surface area contributed by atoms with E-state index in [1.54, 1.807) is 14.0 Å². The number of hydrogen-bond acceptors (Lipinski definition) is 2. The average Bonchev–Trinajstić information content (AvgIpc) is 2.27. The van der Waals surface area contributed by atoms with E-state index in [0.717, 1.165) is 24.2 Å². The van der Waals surface area contributed by atoms with Gasteiger partial charge in [0.05, 0.1) is 12.7 Å². The summed E-state index contributed by atoms with van der Waals surface area (Å²) in [4.78, 5) is 11.4. The van der Waals surface area contributed by atoms with Gasteiger partial charge in [-0.15, -0.1) is 0 Å². The van der Waals surface area contributed by atoms with Gasteiger partial charge in [-0.05, 0) is 55.9 Å². The van der Waals surface area contributed by atoms with Crippen LogP contribution in [0.25, 0.3) is 0 Å². The van der Waals surface area contributed by atoms with Gasteiger partial charge in [-0.3, -0.25) is 4.79 Å². The Balaban J connectivity index is 2.51. The summed E-state index contributed by atoms with van der Waals surface area (Å²) in [6, 6.07) is 4.04. The van der Waals surface area contributed by atoms with Crippen molar-refractivity contribution in [2.24, 2.45) is 0 Å². The minimum absolute atomic E-state index is 0.0835. The molecule has 2 heteroatoms. The van der Waals surface area contributed by atoms with Crippen molar-refractivity contribution in [1.82, 2.24) is 0 Å². The Kier molecular flexibility index (Phi) is 2.76. The summed E-state index contributed by atoms with van der Waals surface area (Å²) >= 11 is 0. The lowest BCUT2D eigenvalue weighted by molar-refractivity contribution is 0.101. The molecular formula is C13H16O2. The summed E-state index contributed by atoms with van der Waals surface area (Å²) in [6.07, 6.45) is 4.69. The maximum atomic E-state index is 11.4. The number of ether oxygens (including phenoxy) is 1. The van der Waals surface area contributed by atoms with Gasteiger partial charge in [-0.1, -0.05) is 0 Å². The molecule has 0 bridgehead atoms. The first-order valence-corrected chi connectivity index (χ1v) is 5.43. The van der Waals surface area contributed by atoms with Gasteiger partial charge in [0.25, 0.3) is 0 Å². The fraction of sp³-hybridized carbons (Fsp3) is 0.462. The van der Waals surface area contributed by atoms with Gasteiger partial charge in [0.15, 0.2) is 5.78 Å². The molecule has 0 radical (unpaired) electrons. The highest BCUT2D eigenvalue weighted by Crippen LogP contribution is 2.29. The summed E-state index contributed by atoms with van der Waals surface area (Å²) in [5, 5.41) is 0. The SMILES string of the molecule is COc1cc2c(cc1C(C)=O)CCCC2. The molecule has 0 saturated carbocycles. The van der Waals surface area contributed by atoms with Crippen LogP contribution in [0.3, 0.4) is 0 Å². The Morgan fingerprint density at radius 2 is 1.80 bits per heavy atom. The molecule has 0 aliphatic heterocycles. The number of carbonyl (C=O) groups excluding carboxylic acids is 1. The molecule has 0 atom stereocenters. The lowest BCUT2D eigenvalue weighted by Gasteiger charge is -2.18. The average molecular weight is 204 g/mol. The minimum Gasteiger partial charge on any atom is -0.496 e. The van der Waals surface area contributed by atoms with Gasteiger partial charge < -0.3 is 4.74 Å². The molecule has 0 spiro atoms. The van der Waals surface area contributed by atoms with E-state index in [-0.39, 0.29) is 5.78 Å². The summed E-state index contributed by atoms with van der Waals surface area (Å²) in [5.74, 6) is 0.809. The van der Waals surface area contributed by atoms with Crippen LogP contribution in [0.1, 0.15) is 41.3 Å². The van der Waals surface area contributed by atoms with Gasteiger partial charge in [0.1, 0.15) is 5.75 Å². The summed E-state index contributed by atoms with van der Waals surface area (Å²) in [7, 11) is 1.62.